The van der Waals surface area contributed by atoms with Crippen LogP contribution in [0.2, 0.25) is 0 Å². The van der Waals surface area contributed by atoms with Crippen LogP contribution in [0.5, 0.6) is 5.75 Å². The zero-order chi connectivity index (χ0) is 30.3. The summed E-state index contributed by atoms with van der Waals surface area (Å²) in [6.45, 7) is 1.56. The van der Waals surface area contributed by atoms with Gasteiger partial charge in [-0.3, -0.25) is 9.59 Å². The van der Waals surface area contributed by atoms with Crippen LogP contribution in [0.15, 0.2) is 54.6 Å². The summed E-state index contributed by atoms with van der Waals surface area (Å²) < 4.78 is 10.2. The summed E-state index contributed by atoms with van der Waals surface area (Å²) in [6.07, 6.45) is 4.44. The van der Waals surface area contributed by atoms with E-state index in [-0.39, 0.29) is 18.0 Å². The van der Waals surface area contributed by atoms with E-state index in [1.807, 2.05) is 42.3 Å². The van der Waals surface area contributed by atoms with E-state index >= 15 is 0 Å². The molecule has 1 saturated heterocycles. The SMILES string of the molecule is COc1cc(C(=O)N2CC3CCC2[C@@H]3N)cc2nc(-c3cc4ccc(-c5ccc(C(N)=O)cc5)nc4n3CC3CC3)n(C)c12. The molecule has 10 heteroatoms. The van der Waals surface area contributed by atoms with Crippen LogP contribution in [0.3, 0.4) is 0 Å². The van der Waals surface area contributed by atoms with Gasteiger partial charge in [-0.1, -0.05) is 12.1 Å². The molecular weight excluding hydrogens is 554 g/mol. The molecule has 2 aliphatic carbocycles. The van der Waals surface area contributed by atoms with Crippen molar-refractivity contribution in [1.29, 1.82) is 0 Å². The van der Waals surface area contributed by atoms with Crippen LogP contribution in [0, 0.1) is 11.8 Å². The fraction of sp³-hybridized carbons (Fsp3) is 0.353. The number of carbonyl (C=O) groups excluding carboxylic acids is 2. The van der Waals surface area contributed by atoms with Gasteiger partial charge in [-0.25, -0.2) is 9.97 Å². The minimum Gasteiger partial charge on any atom is -0.494 e. The molecule has 3 atom stereocenters. The normalized spacial score (nSPS) is 21.1. The van der Waals surface area contributed by atoms with Crippen LogP contribution in [0.25, 0.3) is 44.8 Å². The quantitative estimate of drug-likeness (QED) is 0.290. The lowest BCUT2D eigenvalue weighted by atomic mass is 10.1. The second-order valence-electron chi connectivity index (χ2n) is 12.6. The van der Waals surface area contributed by atoms with E-state index in [1.165, 1.54) is 12.8 Å². The number of methoxy groups -OCH3 is 1. The summed E-state index contributed by atoms with van der Waals surface area (Å²) in [5, 5.41) is 1.02. The molecule has 0 spiro atoms. The van der Waals surface area contributed by atoms with Gasteiger partial charge in [0.25, 0.3) is 5.91 Å². The number of nitrogens with two attached hydrogens (primary N) is 2. The highest BCUT2D eigenvalue weighted by molar-refractivity contribution is 6.00. The number of primary amides is 1. The maximum absolute atomic E-state index is 13.7. The molecule has 10 nitrogen and oxygen atoms in total. The first-order chi connectivity index (χ1) is 21.3. The van der Waals surface area contributed by atoms with Gasteiger partial charge in [0.05, 0.1) is 24.0 Å². The van der Waals surface area contributed by atoms with Gasteiger partial charge < -0.3 is 30.2 Å². The summed E-state index contributed by atoms with van der Waals surface area (Å²) in [4.78, 5) is 37.4. The van der Waals surface area contributed by atoms with Crippen molar-refractivity contribution in [3.05, 3.63) is 65.7 Å². The number of fused-ring (bicyclic) bond motifs is 4. The summed E-state index contributed by atoms with van der Waals surface area (Å²) in [7, 11) is 3.63. The van der Waals surface area contributed by atoms with Crippen molar-refractivity contribution in [2.45, 2.75) is 44.3 Å². The van der Waals surface area contributed by atoms with Crippen molar-refractivity contribution in [1.82, 2.24) is 24.0 Å². The second-order valence-corrected chi connectivity index (χ2v) is 12.6. The molecule has 3 aliphatic rings. The lowest BCUT2D eigenvalue weighted by Gasteiger charge is -2.27. The van der Waals surface area contributed by atoms with Gasteiger partial charge in [0.2, 0.25) is 5.91 Å². The van der Waals surface area contributed by atoms with Crippen LogP contribution in [-0.4, -0.2) is 61.6 Å². The summed E-state index contributed by atoms with van der Waals surface area (Å²) >= 11 is 0. The first-order valence-corrected chi connectivity index (χ1v) is 15.3. The minimum absolute atomic E-state index is 0.0107. The van der Waals surface area contributed by atoms with Gasteiger partial charge in [0, 0.05) is 54.3 Å². The van der Waals surface area contributed by atoms with Crippen molar-refractivity contribution in [2.75, 3.05) is 13.7 Å². The topological polar surface area (TPSA) is 134 Å². The van der Waals surface area contributed by atoms with Crippen molar-refractivity contribution in [3.63, 3.8) is 0 Å². The first-order valence-electron chi connectivity index (χ1n) is 15.3. The number of benzene rings is 2. The Morgan fingerprint density at radius 3 is 2.43 bits per heavy atom. The number of pyridine rings is 1. The van der Waals surface area contributed by atoms with Crippen molar-refractivity contribution in [2.24, 2.45) is 30.4 Å². The number of amides is 2. The van der Waals surface area contributed by atoms with Crippen LogP contribution in [-0.2, 0) is 13.6 Å². The average Bonchev–Trinajstić information content (AvgIpc) is 3.44. The van der Waals surface area contributed by atoms with Gasteiger partial charge in [-0.05, 0) is 80.0 Å². The van der Waals surface area contributed by atoms with Gasteiger partial charge in [-0.2, -0.15) is 0 Å². The van der Waals surface area contributed by atoms with Gasteiger partial charge >= 0.3 is 0 Å². The standard InChI is InChI=1S/C34H35N7O3/c1-39-30-25(13-23(15-28(30)44-2)34(43)41-17-22-10-12-26(41)29(22)35)38-33(39)27-14-21-9-11-24(19-5-7-20(8-6-19)31(36)42)37-32(21)40(27)16-18-3-4-18/h5-9,11,13-15,18,22,26,29H,3-4,10,12,16-17,35H2,1-2H3,(H2,36,42)/t22?,26?,29-/m1/s1. The number of nitrogens with zero attached hydrogens (tertiary/aromatic N) is 5. The number of hydrogen-bond acceptors (Lipinski definition) is 6. The molecular formula is C34H35N7O3. The van der Waals surface area contributed by atoms with E-state index in [2.05, 4.69) is 21.3 Å². The Hall–Kier alpha value is -4.70. The molecule has 3 fully saturated rings. The molecule has 224 valence electrons. The number of likely N-dealkylation sites (tertiary alicyclic amines) is 1. The molecule has 8 rings (SSSR count). The van der Waals surface area contributed by atoms with Crippen LogP contribution >= 0.6 is 0 Å². The molecule has 2 unspecified atom stereocenters. The highest BCUT2D eigenvalue weighted by atomic mass is 16.5. The average molecular weight is 590 g/mol. The Bertz CT molecular complexity index is 1970. The monoisotopic (exact) mass is 589 g/mol. The molecule has 3 aromatic heterocycles. The number of aryl methyl sites for hydroxylation is 1. The maximum atomic E-state index is 13.7. The number of hydrogen-bond donors (Lipinski definition) is 2. The number of carbonyl (C=O) groups is 2. The minimum atomic E-state index is -0.453. The lowest BCUT2D eigenvalue weighted by Crippen LogP contribution is -2.41. The number of piperidine rings is 1. The molecule has 1 aliphatic heterocycles. The lowest BCUT2D eigenvalue weighted by molar-refractivity contribution is 0.0700. The number of rotatable bonds is 7. The van der Waals surface area contributed by atoms with E-state index in [0.29, 0.717) is 40.8 Å². The molecule has 4 N–H and O–H groups in total. The highest BCUT2D eigenvalue weighted by Gasteiger charge is 2.47. The molecule has 2 saturated carbocycles. The Morgan fingerprint density at radius 2 is 1.77 bits per heavy atom. The maximum Gasteiger partial charge on any atom is 0.254 e. The van der Waals surface area contributed by atoms with E-state index in [0.717, 1.165) is 58.7 Å². The Balaban J connectivity index is 1.22. The largest absolute Gasteiger partial charge is 0.494 e. The van der Waals surface area contributed by atoms with Crippen LogP contribution < -0.4 is 16.2 Å². The fourth-order valence-corrected chi connectivity index (χ4v) is 7.29. The Morgan fingerprint density at radius 1 is 0.977 bits per heavy atom. The third-order valence-electron chi connectivity index (χ3n) is 9.89. The van der Waals surface area contributed by atoms with Crippen molar-refractivity contribution < 1.29 is 14.3 Å². The fourth-order valence-electron chi connectivity index (χ4n) is 7.29. The summed E-state index contributed by atoms with van der Waals surface area (Å²) in [5.41, 5.74) is 18.0. The Labute approximate surface area is 254 Å². The van der Waals surface area contributed by atoms with Gasteiger partial charge in [-0.15, -0.1) is 0 Å². The molecule has 44 heavy (non-hydrogen) atoms. The van der Waals surface area contributed by atoms with Crippen LogP contribution in [0.1, 0.15) is 46.4 Å². The van der Waals surface area contributed by atoms with Crippen molar-refractivity contribution in [3.8, 4) is 28.5 Å². The van der Waals surface area contributed by atoms with Gasteiger partial charge in [0.1, 0.15) is 16.9 Å². The Kier molecular flexibility index (Phi) is 6.06. The van der Waals surface area contributed by atoms with E-state index in [1.54, 1.807) is 19.2 Å². The highest BCUT2D eigenvalue weighted by Crippen LogP contribution is 2.40. The second kappa shape index (κ2) is 9.92. The molecule has 0 radical (unpaired) electrons. The zero-order valence-electron chi connectivity index (χ0n) is 24.9. The molecule has 2 aromatic carbocycles. The smallest absolute Gasteiger partial charge is 0.254 e. The first kappa shape index (κ1) is 26.9. The van der Waals surface area contributed by atoms with Crippen molar-refractivity contribution >= 4 is 33.9 Å². The molecule has 5 aromatic rings. The molecule has 2 bridgehead atoms. The number of ether oxygens (including phenoxy) is 1. The number of imidazole rings is 1. The summed E-state index contributed by atoms with van der Waals surface area (Å²) in [5.74, 6) is 1.92. The van der Waals surface area contributed by atoms with Gasteiger partial charge in [0.15, 0.2) is 5.82 Å². The predicted molar refractivity (Wildman–Crippen MR) is 168 cm³/mol. The van der Waals surface area contributed by atoms with E-state index < -0.39 is 5.91 Å². The number of aromatic nitrogens is 4. The predicted octanol–water partition coefficient (Wildman–Crippen LogP) is 4.34. The zero-order valence-corrected chi connectivity index (χ0v) is 24.9. The van der Waals surface area contributed by atoms with E-state index in [4.69, 9.17) is 26.2 Å². The third-order valence-corrected chi connectivity index (χ3v) is 9.89. The third kappa shape index (κ3) is 4.19. The molecule has 4 heterocycles. The van der Waals surface area contributed by atoms with Crippen LogP contribution in [0.4, 0.5) is 0 Å². The van der Waals surface area contributed by atoms with E-state index in [9.17, 15) is 9.59 Å². The summed E-state index contributed by atoms with van der Waals surface area (Å²) in [6, 6.07) is 17.3. The molecule has 2 amide bonds.